The van der Waals surface area contributed by atoms with E-state index in [0.29, 0.717) is 16.8 Å². The van der Waals surface area contributed by atoms with E-state index in [4.69, 9.17) is 9.47 Å². The van der Waals surface area contributed by atoms with Gasteiger partial charge in [0.1, 0.15) is 23.9 Å². The molecule has 34 heavy (non-hydrogen) atoms. The van der Waals surface area contributed by atoms with Crippen molar-refractivity contribution in [2.45, 2.75) is 45.3 Å². The van der Waals surface area contributed by atoms with Gasteiger partial charge in [-0.3, -0.25) is 9.59 Å². The lowest BCUT2D eigenvalue weighted by atomic mass is 9.98. The Labute approximate surface area is 200 Å². The molecular weight excluding hydrogens is 434 g/mol. The molecule has 2 amide bonds. The zero-order valence-electron chi connectivity index (χ0n) is 20.4. The van der Waals surface area contributed by atoms with Crippen molar-refractivity contribution in [2.75, 3.05) is 27.4 Å². The SMILES string of the molecule is CCC(C)(C)NC(=O)[C@H](c1cccc(OC)c1)N(CCOC)C(=O)Cn1nnc2ccccc21. The number of ether oxygens (including phenoxy) is 2. The van der Waals surface area contributed by atoms with Gasteiger partial charge in [-0.1, -0.05) is 36.4 Å². The standard InChI is InChI=1S/C25H33N5O4/c1-6-25(2,3)26-24(32)23(18-10-9-11-19(16-18)34-5)29(14-15-33-4)22(31)17-30-21-13-8-7-12-20(21)27-28-30/h7-13,16,23H,6,14-15,17H2,1-5H3,(H,26,32)/t23-/m0/s1. The molecule has 0 saturated carbocycles. The van der Waals surface area contributed by atoms with Crippen molar-refractivity contribution in [2.24, 2.45) is 0 Å². The minimum atomic E-state index is -0.877. The van der Waals surface area contributed by atoms with Gasteiger partial charge in [0.2, 0.25) is 11.8 Å². The molecule has 0 radical (unpaired) electrons. The van der Waals surface area contributed by atoms with E-state index in [1.807, 2.05) is 57.2 Å². The van der Waals surface area contributed by atoms with Crippen LogP contribution < -0.4 is 10.1 Å². The molecule has 0 bridgehead atoms. The summed E-state index contributed by atoms with van der Waals surface area (Å²) in [4.78, 5) is 28.8. The normalized spacial score (nSPS) is 12.4. The Bertz CT molecular complexity index is 1130. The van der Waals surface area contributed by atoms with Crippen molar-refractivity contribution >= 4 is 22.8 Å². The van der Waals surface area contributed by atoms with Crippen LogP contribution in [0, 0.1) is 0 Å². The maximum absolute atomic E-state index is 13.6. The fraction of sp³-hybridized carbons (Fsp3) is 0.440. The van der Waals surface area contributed by atoms with Gasteiger partial charge < -0.3 is 19.7 Å². The van der Waals surface area contributed by atoms with Crippen LogP contribution in [0.1, 0.15) is 38.8 Å². The molecule has 182 valence electrons. The molecule has 0 aliphatic heterocycles. The van der Waals surface area contributed by atoms with Gasteiger partial charge in [-0.05, 0) is 50.1 Å². The first-order chi connectivity index (χ1) is 16.3. The molecule has 1 atom stereocenters. The van der Waals surface area contributed by atoms with Gasteiger partial charge in [-0.2, -0.15) is 0 Å². The Balaban J connectivity index is 2.00. The molecule has 3 aromatic rings. The highest BCUT2D eigenvalue weighted by Crippen LogP contribution is 2.27. The average molecular weight is 468 g/mol. The lowest BCUT2D eigenvalue weighted by Crippen LogP contribution is -2.51. The summed E-state index contributed by atoms with van der Waals surface area (Å²) in [6.45, 7) is 6.35. The first-order valence-electron chi connectivity index (χ1n) is 11.3. The number of carbonyl (C=O) groups excluding carboxylic acids is 2. The number of carbonyl (C=O) groups is 2. The lowest BCUT2D eigenvalue weighted by molar-refractivity contribution is -0.143. The van der Waals surface area contributed by atoms with E-state index in [-0.39, 0.29) is 31.5 Å². The van der Waals surface area contributed by atoms with Gasteiger partial charge in [-0.25, -0.2) is 4.68 Å². The van der Waals surface area contributed by atoms with Crippen LogP contribution in [0.2, 0.25) is 0 Å². The van der Waals surface area contributed by atoms with Crippen molar-refractivity contribution in [1.82, 2.24) is 25.2 Å². The summed E-state index contributed by atoms with van der Waals surface area (Å²) < 4.78 is 12.2. The zero-order valence-corrected chi connectivity index (χ0v) is 20.4. The minimum absolute atomic E-state index is 0.0604. The maximum atomic E-state index is 13.6. The van der Waals surface area contributed by atoms with Crippen molar-refractivity contribution < 1.29 is 19.1 Å². The van der Waals surface area contributed by atoms with Gasteiger partial charge in [0, 0.05) is 19.2 Å². The van der Waals surface area contributed by atoms with Crippen LogP contribution >= 0.6 is 0 Å². The third-order valence-electron chi connectivity index (χ3n) is 5.88. The number of nitrogens with zero attached hydrogens (tertiary/aromatic N) is 4. The number of amides is 2. The van der Waals surface area contributed by atoms with E-state index in [2.05, 4.69) is 15.6 Å². The van der Waals surface area contributed by atoms with Crippen LogP contribution in [0.3, 0.4) is 0 Å². The van der Waals surface area contributed by atoms with Crippen molar-refractivity contribution in [3.63, 3.8) is 0 Å². The summed E-state index contributed by atoms with van der Waals surface area (Å²) in [5.74, 6) is 0.0597. The highest BCUT2D eigenvalue weighted by Gasteiger charge is 2.34. The third kappa shape index (κ3) is 5.91. The largest absolute Gasteiger partial charge is 0.497 e. The van der Waals surface area contributed by atoms with Crippen LogP contribution in [-0.4, -0.2) is 64.6 Å². The summed E-state index contributed by atoms with van der Waals surface area (Å²) >= 11 is 0. The Kier molecular flexibility index (Phi) is 8.22. The number of aromatic nitrogens is 3. The van der Waals surface area contributed by atoms with Crippen LogP contribution in [0.4, 0.5) is 0 Å². The Morgan fingerprint density at radius 2 is 1.91 bits per heavy atom. The number of methoxy groups -OCH3 is 2. The topological polar surface area (TPSA) is 98.6 Å². The molecule has 9 nitrogen and oxygen atoms in total. The predicted octanol–water partition coefficient (Wildman–Crippen LogP) is 2.96. The van der Waals surface area contributed by atoms with Crippen LogP contribution in [0.25, 0.3) is 11.0 Å². The molecule has 1 aromatic heterocycles. The number of hydrogen-bond donors (Lipinski definition) is 1. The fourth-order valence-electron chi connectivity index (χ4n) is 3.62. The zero-order chi connectivity index (χ0) is 24.7. The molecular formula is C25H33N5O4. The van der Waals surface area contributed by atoms with Gasteiger partial charge >= 0.3 is 0 Å². The number of para-hydroxylation sites is 1. The quantitative estimate of drug-likeness (QED) is 0.466. The lowest BCUT2D eigenvalue weighted by Gasteiger charge is -2.34. The molecule has 1 N–H and O–H groups in total. The highest BCUT2D eigenvalue weighted by molar-refractivity contribution is 5.89. The Morgan fingerprint density at radius 3 is 2.62 bits per heavy atom. The molecule has 9 heteroatoms. The molecule has 1 heterocycles. The van der Waals surface area contributed by atoms with Gasteiger partial charge in [-0.15, -0.1) is 5.10 Å². The number of fused-ring (bicyclic) bond motifs is 1. The fourth-order valence-corrected chi connectivity index (χ4v) is 3.62. The average Bonchev–Trinajstić information content (AvgIpc) is 3.24. The first-order valence-corrected chi connectivity index (χ1v) is 11.3. The first kappa shape index (κ1) is 25.2. The third-order valence-corrected chi connectivity index (χ3v) is 5.88. The number of hydrogen-bond acceptors (Lipinski definition) is 6. The maximum Gasteiger partial charge on any atom is 0.247 e. The minimum Gasteiger partial charge on any atom is -0.497 e. The van der Waals surface area contributed by atoms with Gasteiger partial charge in [0.05, 0.1) is 19.2 Å². The smallest absolute Gasteiger partial charge is 0.247 e. The van der Waals surface area contributed by atoms with Crippen molar-refractivity contribution in [1.29, 1.82) is 0 Å². The Morgan fingerprint density at radius 1 is 1.15 bits per heavy atom. The number of nitrogens with one attached hydrogen (secondary N) is 1. The summed E-state index contributed by atoms with van der Waals surface area (Å²) in [7, 11) is 3.13. The molecule has 0 saturated heterocycles. The molecule has 0 aliphatic carbocycles. The Hall–Kier alpha value is -3.46. The van der Waals surface area contributed by atoms with Crippen LogP contribution in [-0.2, 0) is 20.9 Å². The second-order valence-corrected chi connectivity index (χ2v) is 8.72. The van der Waals surface area contributed by atoms with Gasteiger partial charge in [0.15, 0.2) is 0 Å². The molecule has 0 spiro atoms. The van der Waals surface area contributed by atoms with Crippen molar-refractivity contribution in [3.8, 4) is 5.75 Å². The van der Waals surface area contributed by atoms with E-state index >= 15 is 0 Å². The van der Waals surface area contributed by atoms with E-state index in [0.717, 1.165) is 11.9 Å². The number of rotatable bonds is 11. The molecule has 0 unspecified atom stereocenters. The second-order valence-electron chi connectivity index (χ2n) is 8.72. The number of benzene rings is 2. The highest BCUT2D eigenvalue weighted by atomic mass is 16.5. The molecule has 2 aromatic carbocycles. The summed E-state index contributed by atoms with van der Waals surface area (Å²) in [5, 5.41) is 11.4. The van der Waals surface area contributed by atoms with E-state index in [1.54, 1.807) is 31.0 Å². The van der Waals surface area contributed by atoms with Crippen LogP contribution in [0.15, 0.2) is 48.5 Å². The summed E-state index contributed by atoms with van der Waals surface area (Å²) in [5.41, 5.74) is 1.66. The van der Waals surface area contributed by atoms with E-state index in [9.17, 15) is 9.59 Å². The predicted molar refractivity (Wildman–Crippen MR) is 129 cm³/mol. The van der Waals surface area contributed by atoms with Gasteiger partial charge in [0.25, 0.3) is 0 Å². The second kappa shape index (κ2) is 11.1. The van der Waals surface area contributed by atoms with Crippen LogP contribution in [0.5, 0.6) is 5.75 Å². The summed E-state index contributed by atoms with van der Waals surface area (Å²) in [6, 6.07) is 13.8. The van der Waals surface area contributed by atoms with E-state index < -0.39 is 11.6 Å². The molecule has 3 rings (SSSR count). The monoisotopic (exact) mass is 467 g/mol. The summed E-state index contributed by atoms with van der Waals surface area (Å²) in [6.07, 6.45) is 0.737. The molecule has 0 aliphatic rings. The molecule has 0 fully saturated rings. The van der Waals surface area contributed by atoms with Crippen molar-refractivity contribution in [3.05, 3.63) is 54.1 Å². The van der Waals surface area contributed by atoms with E-state index in [1.165, 1.54) is 4.90 Å².